The second kappa shape index (κ2) is 44.2. The van der Waals surface area contributed by atoms with Crippen molar-refractivity contribution < 1.29 is 18.0 Å². The van der Waals surface area contributed by atoms with Gasteiger partial charge in [-0.2, -0.15) is 13.2 Å². The minimum Gasteiger partial charge on any atom is -0.364 e. The van der Waals surface area contributed by atoms with Crippen LogP contribution in [0.2, 0.25) is 5.02 Å². The number of thiophene rings is 1. The molecule has 1 saturated heterocycles. The Kier molecular flexibility index (Phi) is 29.7. The number of hydrogen-bond donors (Lipinski definition) is 5. The number of benzene rings is 7. The number of pyridine rings is 3. The number of fused-ring (bicyclic) bond motifs is 5. The quantitative estimate of drug-likeness (QED) is 0.0418. The summed E-state index contributed by atoms with van der Waals surface area (Å²) in [6, 6.07) is 79.7. The van der Waals surface area contributed by atoms with Gasteiger partial charge in [-0.3, -0.25) is 41.7 Å². The Bertz CT molecular complexity index is 7760. The Morgan fingerprint density at radius 2 is 0.800 bits per heavy atom. The summed E-state index contributed by atoms with van der Waals surface area (Å²) in [7, 11) is 0. The fourth-order valence-electron chi connectivity index (χ4n) is 16.6. The summed E-state index contributed by atoms with van der Waals surface area (Å²) in [6.07, 6.45) is 33.2. The van der Waals surface area contributed by atoms with Crippen LogP contribution in [0.5, 0.6) is 0 Å². The molecular formula is C107H89Br2ClF3IN24OS. The van der Waals surface area contributed by atoms with E-state index in [1.165, 1.54) is 49.1 Å². The molecule has 0 bridgehead atoms. The summed E-state index contributed by atoms with van der Waals surface area (Å²) in [4.78, 5) is 75.1. The van der Waals surface area contributed by atoms with Crippen LogP contribution in [0.1, 0.15) is 77.6 Å². The number of likely N-dealkylation sites (tertiary alicyclic amines) is 1. The summed E-state index contributed by atoms with van der Waals surface area (Å²) in [5.41, 5.74) is 19.1. The first kappa shape index (κ1) is 94.0. The summed E-state index contributed by atoms with van der Waals surface area (Å²) in [6.45, 7) is 2.73. The molecule has 23 rings (SSSR count). The number of anilines is 5. The fourth-order valence-corrected chi connectivity index (χ4v) is 18.8. The van der Waals surface area contributed by atoms with Crippen molar-refractivity contribution in [3.8, 4) is 78.1 Å². The zero-order chi connectivity index (χ0) is 95.7. The fraction of sp³-hybridized carbons (Fsp3) is 0.140. The van der Waals surface area contributed by atoms with Crippen molar-refractivity contribution in [3.63, 3.8) is 0 Å². The topological polar surface area (TPSA) is 270 Å². The third-order valence-corrected chi connectivity index (χ3v) is 26.8. The zero-order valence-electron chi connectivity index (χ0n) is 75.1. The molecule has 5 N–H and O–H groups in total. The molecule has 1 aliphatic heterocycles. The van der Waals surface area contributed by atoms with Gasteiger partial charge in [0.05, 0.1) is 86.3 Å². The predicted octanol–water partition coefficient (Wildman–Crippen LogP) is 25.7. The lowest BCUT2D eigenvalue weighted by molar-refractivity contribution is -0.137. The number of halogens is 7. The molecule has 0 spiro atoms. The molecule has 2 fully saturated rings. The van der Waals surface area contributed by atoms with Gasteiger partial charge in [0.15, 0.2) is 57.3 Å². The van der Waals surface area contributed by atoms with Gasteiger partial charge in [-0.15, -0.1) is 11.3 Å². The summed E-state index contributed by atoms with van der Waals surface area (Å²) in [5, 5.41) is 20.0. The van der Waals surface area contributed by atoms with Crippen molar-refractivity contribution in [1.82, 2.24) is 91.7 Å². The van der Waals surface area contributed by atoms with Crippen molar-refractivity contribution in [3.05, 3.63) is 399 Å². The Labute approximate surface area is 843 Å². The maximum Gasteiger partial charge on any atom is 0.416 e. The number of carbonyl (C=O) groups is 1. The van der Waals surface area contributed by atoms with Gasteiger partial charge < -0.3 is 31.5 Å². The van der Waals surface area contributed by atoms with Crippen molar-refractivity contribution >= 4 is 141 Å². The van der Waals surface area contributed by atoms with Crippen LogP contribution in [0, 0.1) is 3.70 Å². The minimum atomic E-state index is -4.49. The number of aromatic nitrogens is 18. The van der Waals surface area contributed by atoms with Gasteiger partial charge in [0.2, 0.25) is 0 Å². The number of imidazole rings is 5. The van der Waals surface area contributed by atoms with Crippen molar-refractivity contribution in [2.45, 2.75) is 82.8 Å². The van der Waals surface area contributed by atoms with E-state index in [0.29, 0.717) is 73.8 Å². The maximum absolute atomic E-state index is 13.0. The van der Waals surface area contributed by atoms with E-state index in [9.17, 15) is 18.0 Å². The van der Waals surface area contributed by atoms with Gasteiger partial charge in [-0.05, 0) is 151 Å². The molecule has 698 valence electrons. The van der Waals surface area contributed by atoms with Gasteiger partial charge in [0.25, 0.3) is 5.91 Å². The molecule has 7 aromatic carbocycles. The lowest BCUT2D eigenvalue weighted by atomic mass is 9.95. The summed E-state index contributed by atoms with van der Waals surface area (Å²) >= 11 is 17.5. The smallest absolute Gasteiger partial charge is 0.364 e. The highest BCUT2D eigenvalue weighted by Crippen LogP contribution is 2.38. The Hall–Kier alpha value is -15.0. The van der Waals surface area contributed by atoms with E-state index in [4.69, 9.17) is 36.5 Å². The molecule has 1 saturated carbocycles. The Morgan fingerprint density at radius 1 is 0.400 bits per heavy atom. The number of nitrogens with zero attached hydrogens (tertiary/aromatic N) is 19. The van der Waals surface area contributed by atoms with Crippen molar-refractivity contribution in [2.24, 2.45) is 0 Å². The lowest BCUT2D eigenvalue weighted by Gasteiger charge is -2.33. The van der Waals surface area contributed by atoms with Crippen LogP contribution < -0.4 is 26.6 Å². The number of hydrogen-bond acceptors (Lipinski definition) is 20. The van der Waals surface area contributed by atoms with Gasteiger partial charge >= 0.3 is 6.18 Å². The second-order valence-electron chi connectivity index (χ2n) is 33.1. The van der Waals surface area contributed by atoms with Crippen molar-refractivity contribution in [1.29, 1.82) is 0 Å². The predicted molar refractivity (Wildman–Crippen MR) is 563 cm³/mol. The van der Waals surface area contributed by atoms with E-state index in [-0.39, 0.29) is 11.6 Å². The van der Waals surface area contributed by atoms with Gasteiger partial charge in [-0.25, -0.2) is 49.8 Å². The Morgan fingerprint density at radius 3 is 1.26 bits per heavy atom. The molecule has 0 atom stereocenters. The number of carbonyl (C=O) groups excluding carboxylic acids is 1. The molecule has 25 nitrogen and oxygen atoms in total. The number of nitrogens with one attached hydrogen (secondary N) is 5. The van der Waals surface area contributed by atoms with E-state index in [1.54, 1.807) is 47.1 Å². The molecule has 15 heterocycles. The number of rotatable bonds is 21. The third kappa shape index (κ3) is 22.6. The highest BCUT2D eigenvalue weighted by molar-refractivity contribution is 14.1. The summed E-state index contributed by atoms with van der Waals surface area (Å²) in [5.74, 6) is 3.33. The normalized spacial score (nSPS) is 12.8. The molecule has 1 aliphatic carbocycles. The van der Waals surface area contributed by atoms with Crippen LogP contribution in [0.3, 0.4) is 0 Å². The molecular weight excluding hydrogens is 2050 g/mol. The van der Waals surface area contributed by atoms with Crippen LogP contribution >= 0.6 is 77.4 Å². The zero-order valence-corrected chi connectivity index (χ0v) is 82.0. The standard InChI is InChI=1S/C25H20BrClF3N5O.C24H19N5.C22H17N5S.C18H19BrN4.C18H14IN5/c26-21-13-31-23-22(33-20(14-35(21)23)18-6-1-2-7-19(18)27)32-17-8-10-34(11-9-17)24(36)15-4-3-5-16(12-15)25(28,29)30;1-3-9-19(10-4-1)21-17-29-22(20-11-5-2-6-12-20)16-27-24(29)23(28-21)26-15-18-8-7-13-25-14-18;1-2-7-17(8-3-1)18-15-27-19(20-9-5-11-28-20)14-25-22(27)21(26-18)24-13-16-6-4-10-23-12-16;19-16-11-20-18-17(21-14-9-5-2-6-10-14)22-15(12-23(16)18)13-7-3-1-4-8-13;19-16-11-22-18-17(21-10-13-5-4-8-20-9-13)23-15(12-24(16)18)14-6-2-1-3-7-14/h1-7,12-14,17H,8-11H2,(H,32,33);1-14,16-17H,15H2,(H,26,28);1-12,14-15H,13H2,(H,24,26);1,3-4,7-8,11-12,14H,2,5-6,9-10H2,(H,21,22);1-9,11-12H,10H2,(H,21,23). The number of piperidine rings is 1. The van der Waals surface area contributed by atoms with Gasteiger partial charge in [-0.1, -0.05) is 231 Å². The largest absolute Gasteiger partial charge is 0.416 e. The van der Waals surface area contributed by atoms with Crippen LogP contribution in [0.15, 0.2) is 362 Å². The first-order valence-corrected chi connectivity index (χ1v) is 49.3. The lowest BCUT2D eigenvalue weighted by Crippen LogP contribution is -2.42. The third-order valence-electron chi connectivity index (χ3n) is 23.7. The Balaban J connectivity index is 0.000000112. The monoisotopic (exact) mass is 2130 g/mol. The maximum atomic E-state index is 13.0. The SMILES string of the molecule is Brc1cnc2c(NC3CCCCC3)nc(-c3ccccc3)cn12.Ic1cnc2c(NCc3cccnc3)nc(-c3ccccc3)cn12.O=C(c1cccc(C(F)(F)F)c1)N1CCC(Nc2nc(-c3ccccc3Cl)cn3c(Br)cnc23)CC1.c1ccc(-c2cn3c(-c4ccccc4)cnc3c(NCc3cccnc3)n2)cc1.c1ccc(-c2cn3c(-c4cccs4)cnc3c(NCc3cccnc3)n2)cc1. The highest BCUT2D eigenvalue weighted by atomic mass is 127. The summed E-state index contributed by atoms with van der Waals surface area (Å²) < 4.78 is 52.1. The molecule has 2 aliphatic rings. The molecule has 33 heteroatoms. The average Bonchev–Trinajstić information content (AvgIpc) is 1.61. The number of alkyl halides is 3. The van der Waals surface area contributed by atoms with Gasteiger partial charge in [0.1, 0.15) is 12.9 Å². The molecule has 1 amide bonds. The number of amides is 1. The van der Waals surface area contributed by atoms with Crippen LogP contribution in [-0.4, -0.2) is 123 Å². The molecule has 140 heavy (non-hydrogen) atoms. The highest BCUT2D eigenvalue weighted by Gasteiger charge is 2.33. The molecule has 0 radical (unpaired) electrons. The minimum absolute atomic E-state index is 0.00355. The molecule has 14 aromatic heterocycles. The van der Waals surface area contributed by atoms with Crippen LogP contribution in [-0.2, 0) is 25.8 Å². The average molecular weight is 2140 g/mol. The van der Waals surface area contributed by atoms with Crippen LogP contribution in [0.25, 0.3) is 106 Å². The van der Waals surface area contributed by atoms with Crippen molar-refractivity contribution in [2.75, 3.05) is 39.7 Å². The van der Waals surface area contributed by atoms with Gasteiger partial charge in [0, 0.05) is 152 Å². The second-order valence-corrected chi connectivity index (χ2v) is 37.2. The first-order chi connectivity index (χ1) is 68.6. The van der Waals surface area contributed by atoms with E-state index < -0.39 is 17.6 Å². The van der Waals surface area contributed by atoms with Crippen LogP contribution in [0.4, 0.5) is 42.3 Å². The van der Waals surface area contributed by atoms with E-state index in [1.807, 2.05) is 212 Å². The van der Waals surface area contributed by atoms with E-state index in [0.717, 1.165) is 155 Å². The van der Waals surface area contributed by atoms with E-state index in [2.05, 4.69) is 229 Å². The molecule has 21 aromatic rings. The van der Waals surface area contributed by atoms with E-state index >= 15 is 0 Å². The molecule has 0 unspecified atom stereocenters. The first-order valence-electron chi connectivity index (χ1n) is 45.4.